The van der Waals surface area contributed by atoms with Crippen molar-refractivity contribution in [1.29, 1.82) is 0 Å². The topological polar surface area (TPSA) is 75.4 Å². The molecule has 2 amide bonds. The zero-order chi connectivity index (χ0) is 13.3. The third kappa shape index (κ3) is 2.23. The summed E-state index contributed by atoms with van der Waals surface area (Å²) < 4.78 is 5.47. The van der Waals surface area contributed by atoms with Gasteiger partial charge in [0.25, 0.3) is 0 Å². The maximum absolute atomic E-state index is 12.0. The Hall–Kier alpha value is -1.85. The van der Waals surface area contributed by atoms with E-state index >= 15 is 0 Å². The Labute approximate surface area is 105 Å². The van der Waals surface area contributed by atoms with Gasteiger partial charge in [-0.2, -0.15) is 0 Å². The molecule has 2 rings (SSSR count). The van der Waals surface area contributed by atoms with Crippen LogP contribution in [-0.4, -0.2) is 33.8 Å². The molecule has 18 heavy (non-hydrogen) atoms. The second kappa shape index (κ2) is 4.80. The third-order valence-electron chi connectivity index (χ3n) is 3.11. The van der Waals surface area contributed by atoms with Crippen LogP contribution in [0.25, 0.3) is 0 Å². The number of hydrogen-bond donors (Lipinski definition) is 1. The summed E-state index contributed by atoms with van der Waals surface area (Å²) in [7, 11) is 0. The largest absolute Gasteiger partial charge is 0.444 e. The van der Waals surface area contributed by atoms with Gasteiger partial charge in [0.1, 0.15) is 17.8 Å². The van der Waals surface area contributed by atoms with Gasteiger partial charge in [0, 0.05) is 6.42 Å². The molecular weight excluding hydrogens is 234 g/mol. The van der Waals surface area contributed by atoms with Crippen LogP contribution in [0.5, 0.6) is 0 Å². The van der Waals surface area contributed by atoms with Gasteiger partial charge in [-0.25, -0.2) is 4.98 Å². The maximum atomic E-state index is 12.0. The monoisotopic (exact) mass is 251 g/mol. The van der Waals surface area contributed by atoms with Gasteiger partial charge < -0.3 is 14.6 Å². The summed E-state index contributed by atoms with van der Waals surface area (Å²) in [6.45, 7) is 5.57. The molecule has 0 aromatic carbocycles. The fourth-order valence-corrected chi connectivity index (χ4v) is 1.92. The Morgan fingerprint density at radius 2 is 2.17 bits per heavy atom. The zero-order valence-corrected chi connectivity index (χ0v) is 10.8. The summed E-state index contributed by atoms with van der Waals surface area (Å²) in [5.74, 6) is 0.983. The van der Waals surface area contributed by atoms with E-state index in [4.69, 9.17) is 4.42 Å². The third-order valence-corrected chi connectivity index (χ3v) is 3.11. The van der Waals surface area contributed by atoms with Crippen LogP contribution in [0.1, 0.15) is 32.4 Å². The van der Waals surface area contributed by atoms with Crippen molar-refractivity contribution in [2.45, 2.75) is 45.8 Å². The molecule has 6 heteroatoms. The van der Waals surface area contributed by atoms with Crippen LogP contribution in [-0.2, 0) is 22.6 Å². The highest BCUT2D eigenvalue weighted by Gasteiger charge is 2.36. The van der Waals surface area contributed by atoms with Crippen LogP contribution in [0.2, 0.25) is 0 Å². The van der Waals surface area contributed by atoms with Crippen molar-refractivity contribution in [2.75, 3.05) is 0 Å². The highest BCUT2D eigenvalue weighted by molar-refractivity contribution is 5.96. The number of carbonyl (C=O) groups is 2. The highest BCUT2D eigenvalue weighted by atomic mass is 16.4. The normalized spacial score (nSPS) is 24.3. The van der Waals surface area contributed by atoms with Gasteiger partial charge in [-0.05, 0) is 13.8 Å². The second-order valence-electron chi connectivity index (χ2n) is 4.45. The van der Waals surface area contributed by atoms with Crippen molar-refractivity contribution in [3.05, 3.63) is 17.8 Å². The number of nitrogens with zero attached hydrogens (tertiary/aromatic N) is 2. The molecule has 2 atom stereocenters. The fraction of sp³-hybridized carbons (Fsp3) is 0.583. The lowest BCUT2D eigenvalue weighted by Crippen LogP contribution is -2.60. The van der Waals surface area contributed by atoms with E-state index in [1.54, 1.807) is 20.0 Å². The molecule has 0 bridgehead atoms. The Bertz CT molecular complexity index is 469. The van der Waals surface area contributed by atoms with E-state index in [-0.39, 0.29) is 18.4 Å². The molecule has 0 aliphatic carbocycles. The number of aromatic nitrogens is 1. The minimum absolute atomic E-state index is 0.113. The molecule has 1 aliphatic heterocycles. The van der Waals surface area contributed by atoms with Gasteiger partial charge in [0.2, 0.25) is 17.7 Å². The maximum Gasteiger partial charge on any atom is 0.246 e. The predicted octanol–water partition coefficient (Wildman–Crippen LogP) is 0.472. The van der Waals surface area contributed by atoms with Gasteiger partial charge in [0.15, 0.2) is 0 Å². The number of hydrogen-bond acceptors (Lipinski definition) is 4. The lowest BCUT2D eigenvalue weighted by molar-refractivity contribution is -0.149. The van der Waals surface area contributed by atoms with Crippen LogP contribution < -0.4 is 5.32 Å². The van der Waals surface area contributed by atoms with Gasteiger partial charge in [-0.15, -0.1) is 0 Å². The fourth-order valence-electron chi connectivity index (χ4n) is 1.92. The van der Waals surface area contributed by atoms with Gasteiger partial charge in [0.05, 0.1) is 12.7 Å². The SMILES string of the molecule is CCc1cnc(CN2C(=O)C(C)NC(=O)C2C)o1. The Kier molecular flexibility index (Phi) is 3.36. The predicted molar refractivity (Wildman–Crippen MR) is 63.5 cm³/mol. The summed E-state index contributed by atoms with van der Waals surface area (Å²) in [4.78, 5) is 29.3. The smallest absolute Gasteiger partial charge is 0.246 e. The Balaban J connectivity index is 2.15. The summed E-state index contributed by atoms with van der Waals surface area (Å²) in [5, 5.41) is 2.63. The van der Waals surface area contributed by atoms with Crippen LogP contribution in [0.15, 0.2) is 10.6 Å². The average Bonchev–Trinajstić information content (AvgIpc) is 2.80. The average molecular weight is 251 g/mol. The number of carbonyl (C=O) groups excluding carboxylic acids is 2. The highest BCUT2D eigenvalue weighted by Crippen LogP contribution is 2.14. The van der Waals surface area contributed by atoms with Crippen molar-refractivity contribution in [3.8, 4) is 0 Å². The molecule has 1 aromatic rings. The number of oxazole rings is 1. The molecule has 1 fully saturated rings. The van der Waals surface area contributed by atoms with Crippen molar-refractivity contribution >= 4 is 11.8 Å². The first-order chi connectivity index (χ1) is 8.52. The number of aryl methyl sites for hydroxylation is 1. The Morgan fingerprint density at radius 1 is 1.44 bits per heavy atom. The summed E-state index contributed by atoms with van der Waals surface area (Å²) in [6.07, 6.45) is 2.41. The van der Waals surface area contributed by atoms with Gasteiger partial charge in [-0.3, -0.25) is 9.59 Å². The standard InChI is InChI=1S/C12H17N3O3/c1-4-9-5-13-10(18-9)6-15-8(3)11(16)14-7(2)12(15)17/h5,7-8H,4,6H2,1-3H3,(H,14,16). The van der Waals surface area contributed by atoms with E-state index in [0.717, 1.165) is 12.2 Å². The van der Waals surface area contributed by atoms with Crippen LogP contribution in [0.4, 0.5) is 0 Å². The molecule has 0 spiro atoms. The van der Waals surface area contributed by atoms with E-state index in [1.807, 2.05) is 6.92 Å². The van der Waals surface area contributed by atoms with Gasteiger partial charge in [-0.1, -0.05) is 6.92 Å². The first kappa shape index (κ1) is 12.6. The summed E-state index contributed by atoms with van der Waals surface area (Å²) in [6, 6.07) is -0.986. The van der Waals surface area contributed by atoms with Crippen molar-refractivity contribution in [3.63, 3.8) is 0 Å². The second-order valence-corrected chi connectivity index (χ2v) is 4.45. The molecule has 98 valence electrons. The van der Waals surface area contributed by atoms with Crippen molar-refractivity contribution < 1.29 is 14.0 Å². The molecule has 1 aromatic heterocycles. The minimum Gasteiger partial charge on any atom is -0.444 e. The first-order valence-electron chi connectivity index (χ1n) is 6.07. The van der Waals surface area contributed by atoms with E-state index in [1.165, 1.54) is 4.90 Å². The minimum atomic E-state index is -0.495. The van der Waals surface area contributed by atoms with E-state index in [9.17, 15) is 9.59 Å². The number of amides is 2. The summed E-state index contributed by atoms with van der Waals surface area (Å²) >= 11 is 0. The van der Waals surface area contributed by atoms with Crippen molar-refractivity contribution in [2.24, 2.45) is 0 Å². The zero-order valence-electron chi connectivity index (χ0n) is 10.8. The Morgan fingerprint density at radius 3 is 2.78 bits per heavy atom. The number of rotatable bonds is 3. The number of piperazine rings is 1. The quantitative estimate of drug-likeness (QED) is 0.847. The molecular formula is C12H17N3O3. The molecule has 6 nitrogen and oxygen atoms in total. The van der Waals surface area contributed by atoms with Crippen LogP contribution in [0.3, 0.4) is 0 Å². The molecule has 1 N–H and O–H groups in total. The number of nitrogens with one attached hydrogen (secondary N) is 1. The lowest BCUT2D eigenvalue weighted by atomic mass is 10.1. The summed E-state index contributed by atoms with van der Waals surface area (Å²) in [5.41, 5.74) is 0. The first-order valence-corrected chi connectivity index (χ1v) is 6.07. The molecule has 0 saturated carbocycles. The van der Waals surface area contributed by atoms with Crippen LogP contribution >= 0.6 is 0 Å². The van der Waals surface area contributed by atoms with Crippen molar-refractivity contribution in [1.82, 2.24) is 15.2 Å². The van der Waals surface area contributed by atoms with Gasteiger partial charge >= 0.3 is 0 Å². The van der Waals surface area contributed by atoms with E-state index in [0.29, 0.717) is 5.89 Å². The molecule has 1 saturated heterocycles. The molecule has 0 radical (unpaired) electrons. The van der Waals surface area contributed by atoms with E-state index in [2.05, 4.69) is 10.3 Å². The molecule has 2 unspecified atom stereocenters. The van der Waals surface area contributed by atoms with Crippen LogP contribution in [0, 0.1) is 0 Å². The molecule has 1 aliphatic rings. The molecule has 2 heterocycles. The lowest BCUT2D eigenvalue weighted by Gasteiger charge is -2.35. The van der Waals surface area contributed by atoms with E-state index < -0.39 is 12.1 Å².